The van der Waals surface area contributed by atoms with E-state index in [2.05, 4.69) is 25.8 Å². The lowest BCUT2D eigenvalue weighted by molar-refractivity contribution is -0.131. The number of nitrogens with zero attached hydrogens (tertiary/aromatic N) is 6. The number of aryl methyl sites for hydroxylation is 1. The number of benzene rings is 1. The van der Waals surface area contributed by atoms with E-state index < -0.39 is 0 Å². The van der Waals surface area contributed by atoms with Gasteiger partial charge in [-0.25, -0.2) is 4.98 Å². The second kappa shape index (κ2) is 13.3. The van der Waals surface area contributed by atoms with Crippen molar-refractivity contribution < 1.29 is 19.1 Å². The number of hydrogen-bond acceptors (Lipinski definition) is 8. The van der Waals surface area contributed by atoms with Gasteiger partial charge in [0, 0.05) is 71.5 Å². The minimum atomic E-state index is -0.189. The average Bonchev–Trinajstić information content (AvgIpc) is 2.94. The summed E-state index contributed by atoms with van der Waals surface area (Å²) >= 11 is 0. The van der Waals surface area contributed by atoms with E-state index >= 15 is 0 Å². The third kappa shape index (κ3) is 7.39. The number of ether oxygens (including phenoxy) is 2. The van der Waals surface area contributed by atoms with Crippen LogP contribution >= 0.6 is 0 Å². The largest absolute Gasteiger partial charge is 0.492 e. The van der Waals surface area contributed by atoms with E-state index in [-0.39, 0.29) is 18.2 Å². The van der Waals surface area contributed by atoms with Crippen LogP contribution in [0.15, 0.2) is 36.7 Å². The number of rotatable bonds is 10. The highest BCUT2D eigenvalue weighted by atomic mass is 16.5. The van der Waals surface area contributed by atoms with E-state index in [0.717, 1.165) is 49.9 Å². The van der Waals surface area contributed by atoms with Gasteiger partial charge in [0.05, 0.1) is 37.4 Å². The zero-order valence-electron chi connectivity index (χ0n) is 22.0. The number of morpholine rings is 1. The number of anilines is 1. The Labute approximate surface area is 219 Å². The SMILES string of the molecule is CCOc1ccccc1N1CCN(C(=O)CCN(CCN2CCOCC2)C(=O)c2cnc(C)cn2)CC1. The summed E-state index contributed by atoms with van der Waals surface area (Å²) in [4.78, 5) is 43.0. The van der Waals surface area contributed by atoms with Crippen molar-refractivity contribution in [2.24, 2.45) is 0 Å². The van der Waals surface area contributed by atoms with Crippen LogP contribution in [-0.2, 0) is 9.53 Å². The average molecular weight is 511 g/mol. The molecule has 37 heavy (non-hydrogen) atoms. The lowest BCUT2D eigenvalue weighted by Gasteiger charge is -2.37. The van der Waals surface area contributed by atoms with E-state index in [1.807, 2.05) is 36.9 Å². The molecule has 2 saturated heterocycles. The minimum absolute atomic E-state index is 0.0666. The van der Waals surface area contributed by atoms with Crippen molar-refractivity contribution in [2.45, 2.75) is 20.3 Å². The molecule has 2 aliphatic rings. The predicted molar refractivity (Wildman–Crippen MR) is 141 cm³/mol. The van der Waals surface area contributed by atoms with Crippen molar-refractivity contribution in [3.8, 4) is 5.75 Å². The van der Waals surface area contributed by atoms with Crippen LogP contribution in [0.25, 0.3) is 0 Å². The molecule has 10 heteroatoms. The topological polar surface area (TPSA) is 91.3 Å². The number of piperazine rings is 1. The maximum atomic E-state index is 13.2. The summed E-state index contributed by atoms with van der Waals surface area (Å²) in [7, 11) is 0. The van der Waals surface area contributed by atoms with E-state index in [4.69, 9.17) is 9.47 Å². The third-order valence-electron chi connectivity index (χ3n) is 6.81. The number of hydrogen-bond donors (Lipinski definition) is 0. The van der Waals surface area contributed by atoms with Gasteiger partial charge in [-0.2, -0.15) is 0 Å². The van der Waals surface area contributed by atoms with Gasteiger partial charge in [-0.15, -0.1) is 0 Å². The lowest BCUT2D eigenvalue weighted by Crippen LogP contribution is -2.50. The first-order valence-corrected chi connectivity index (χ1v) is 13.2. The highest BCUT2D eigenvalue weighted by molar-refractivity contribution is 5.92. The van der Waals surface area contributed by atoms with E-state index in [0.29, 0.717) is 51.7 Å². The molecule has 2 fully saturated rings. The molecule has 0 radical (unpaired) electrons. The molecule has 0 spiro atoms. The normalized spacial score (nSPS) is 16.5. The number of para-hydroxylation sites is 2. The smallest absolute Gasteiger partial charge is 0.274 e. The van der Waals surface area contributed by atoms with Gasteiger partial charge in [-0.3, -0.25) is 19.5 Å². The van der Waals surface area contributed by atoms with Crippen LogP contribution in [-0.4, -0.2) is 115 Å². The molecule has 1 aromatic carbocycles. The highest BCUT2D eigenvalue weighted by Crippen LogP contribution is 2.28. The highest BCUT2D eigenvalue weighted by Gasteiger charge is 2.25. The fourth-order valence-corrected chi connectivity index (χ4v) is 4.65. The first kappa shape index (κ1) is 26.8. The molecule has 3 heterocycles. The minimum Gasteiger partial charge on any atom is -0.492 e. The Morgan fingerprint density at radius 2 is 1.76 bits per heavy atom. The molecule has 1 aromatic heterocycles. The van der Waals surface area contributed by atoms with Crippen LogP contribution < -0.4 is 9.64 Å². The van der Waals surface area contributed by atoms with Gasteiger partial charge in [0.1, 0.15) is 11.4 Å². The molecule has 200 valence electrons. The van der Waals surface area contributed by atoms with Gasteiger partial charge in [-0.1, -0.05) is 12.1 Å². The standard InChI is InChI=1S/C27H38N6O4/c1-3-37-25-7-5-4-6-24(25)31-12-14-32(15-13-31)26(34)8-9-33(11-10-30-16-18-36-19-17-30)27(35)23-21-28-22(2)20-29-23/h4-7,20-21H,3,8-19H2,1-2H3. The van der Waals surface area contributed by atoms with Gasteiger partial charge < -0.3 is 24.2 Å². The molecule has 0 N–H and O–H groups in total. The quantitative estimate of drug-likeness (QED) is 0.477. The maximum Gasteiger partial charge on any atom is 0.274 e. The Bertz CT molecular complexity index is 1020. The first-order valence-electron chi connectivity index (χ1n) is 13.2. The molecule has 2 amide bonds. The number of amides is 2. The summed E-state index contributed by atoms with van der Waals surface area (Å²) in [5.41, 5.74) is 2.13. The molecule has 4 rings (SSSR count). The molecule has 0 unspecified atom stereocenters. The summed E-state index contributed by atoms with van der Waals surface area (Å²) < 4.78 is 11.2. The van der Waals surface area contributed by atoms with Crippen molar-refractivity contribution in [1.29, 1.82) is 0 Å². The molecule has 2 aromatic rings. The molecule has 0 bridgehead atoms. The van der Waals surface area contributed by atoms with Crippen molar-refractivity contribution in [1.82, 2.24) is 24.7 Å². The van der Waals surface area contributed by atoms with Gasteiger partial charge in [-0.05, 0) is 26.0 Å². The van der Waals surface area contributed by atoms with Crippen LogP contribution in [0.1, 0.15) is 29.5 Å². The molecule has 0 aliphatic carbocycles. The number of carbonyl (C=O) groups excluding carboxylic acids is 2. The monoisotopic (exact) mass is 510 g/mol. The first-order chi connectivity index (χ1) is 18.0. The van der Waals surface area contributed by atoms with E-state index in [1.165, 1.54) is 6.20 Å². The van der Waals surface area contributed by atoms with Crippen LogP contribution in [0, 0.1) is 6.92 Å². The Hall–Kier alpha value is -3.24. The molecule has 0 saturated carbocycles. The van der Waals surface area contributed by atoms with Crippen molar-refractivity contribution in [2.75, 3.05) is 83.6 Å². The maximum absolute atomic E-state index is 13.2. The molecular weight excluding hydrogens is 472 g/mol. The predicted octanol–water partition coefficient (Wildman–Crippen LogP) is 1.70. The summed E-state index contributed by atoms with van der Waals surface area (Å²) in [5.74, 6) is 0.751. The van der Waals surface area contributed by atoms with Gasteiger partial charge in [0.2, 0.25) is 5.91 Å². The summed E-state index contributed by atoms with van der Waals surface area (Å²) in [6.45, 7) is 11.9. The molecule has 0 atom stereocenters. The van der Waals surface area contributed by atoms with E-state index in [9.17, 15) is 9.59 Å². The van der Waals surface area contributed by atoms with Crippen LogP contribution in [0.2, 0.25) is 0 Å². The fraction of sp³-hybridized carbons (Fsp3) is 0.556. The van der Waals surface area contributed by atoms with Crippen LogP contribution in [0.4, 0.5) is 5.69 Å². The van der Waals surface area contributed by atoms with Crippen molar-refractivity contribution >= 4 is 17.5 Å². The second-order valence-electron chi connectivity index (χ2n) is 9.31. The number of aromatic nitrogens is 2. The van der Waals surface area contributed by atoms with E-state index in [1.54, 1.807) is 11.1 Å². The Morgan fingerprint density at radius 3 is 2.46 bits per heavy atom. The van der Waals surface area contributed by atoms with Gasteiger partial charge >= 0.3 is 0 Å². The van der Waals surface area contributed by atoms with Crippen molar-refractivity contribution in [3.05, 3.63) is 48.0 Å². The van der Waals surface area contributed by atoms with Crippen LogP contribution in [0.5, 0.6) is 5.75 Å². The van der Waals surface area contributed by atoms with Gasteiger partial charge in [0.25, 0.3) is 5.91 Å². The van der Waals surface area contributed by atoms with Gasteiger partial charge in [0.15, 0.2) is 0 Å². The van der Waals surface area contributed by atoms with Crippen molar-refractivity contribution in [3.63, 3.8) is 0 Å². The number of carbonyl (C=O) groups is 2. The summed E-state index contributed by atoms with van der Waals surface area (Å²) in [5, 5.41) is 0. The molecular formula is C27H38N6O4. The molecule has 10 nitrogen and oxygen atoms in total. The fourth-order valence-electron chi connectivity index (χ4n) is 4.65. The Morgan fingerprint density at radius 1 is 1.00 bits per heavy atom. The zero-order chi connectivity index (χ0) is 26.0. The Balaban J connectivity index is 1.33. The molecule has 2 aliphatic heterocycles. The Kier molecular flexibility index (Phi) is 9.67. The zero-order valence-corrected chi connectivity index (χ0v) is 22.0. The second-order valence-corrected chi connectivity index (χ2v) is 9.31. The summed E-state index contributed by atoms with van der Waals surface area (Å²) in [6, 6.07) is 8.03. The lowest BCUT2D eigenvalue weighted by atomic mass is 10.2. The van der Waals surface area contributed by atoms with Crippen LogP contribution in [0.3, 0.4) is 0 Å². The third-order valence-corrected chi connectivity index (χ3v) is 6.81. The summed E-state index contributed by atoms with van der Waals surface area (Å²) in [6.07, 6.45) is 3.39.